The van der Waals surface area contributed by atoms with Gasteiger partial charge in [-0.05, 0) is 62.2 Å². The fourth-order valence-electron chi connectivity index (χ4n) is 3.04. The number of ether oxygens (including phenoxy) is 1. The zero-order valence-electron chi connectivity index (χ0n) is 11.7. The first-order chi connectivity index (χ1) is 9.21. The molecule has 0 aromatic heterocycles. The molecule has 0 bridgehead atoms. The molecule has 19 heavy (non-hydrogen) atoms. The average Bonchev–Trinajstić information content (AvgIpc) is 2.82. The van der Waals surface area contributed by atoms with Crippen molar-refractivity contribution in [1.82, 2.24) is 4.90 Å². The molecule has 1 aliphatic rings. The van der Waals surface area contributed by atoms with E-state index >= 15 is 0 Å². The van der Waals surface area contributed by atoms with Gasteiger partial charge in [-0.1, -0.05) is 22.9 Å². The van der Waals surface area contributed by atoms with Crippen LogP contribution >= 0.6 is 15.9 Å². The third-order valence-corrected chi connectivity index (χ3v) is 4.68. The van der Waals surface area contributed by atoms with Crippen LogP contribution in [-0.2, 0) is 0 Å². The monoisotopic (exact) mass is 326 g/mol. The SMILES string of the molecule is CCCN1CCC(CN)C1c1cc(OC)ccc1Br. The van der Waals surface area contributed by atoms with Gasteiger partial charge in [0.25, 0.3) is 0 Å². The van der Waals surface area contributed by atoms with Crippen LogP contribution in [0.1, 0.15) is 31.4 Å². The van der Waals surface area contributed by atoms with Crippen molar-refractivity contribution in [2.24, 2.45) is 11.7 Å². The Balaban J connectivity index is 2.34. The van der Waals surface area contributed by atoms with Crippen LogP contribution in [0.3, 0.4) is 0 Å². The molecule has 0 saturated carbocycles. The van der Waals surface area contributed by atoms with E-state index in [0.717, 1.165) is 29.9 Å². The Morgan fingerprint density at radius 3 is 2.89 bits per heavy atom. The van der Waals surface area contributed by atoms with Crippen LogP contribution in [0.2, 0.25) is 0 Å². The minimum Gasteiger partial charge on any atom is -0.497 e. The van der Waals surface area contributed by atoms with Crippen LogP contribution in [0.25, 0.3) is 0 Å². The second kappa shape index (κ2) is 6.73. The second-order valence-corrected chi connectivity index (χ2v) is 6.01. The molecule has 0 amide bonds. The van der Waals surface area contributed by atoms with Crippen molar-refractivity contribution in [2.45, 2.75) is 25.8 Å². The van der Waals surface area contributed by atoms with E-state index in [-0.39, 0.29) is 0 Å². The first kappa shape index (κ1) is 14.8. The average molecular weight is 327 g/mol. The Bertz CT molecular complexity index is 425. The number of methoxy groups -OCH3 is 1. The molecular weight excluding hydrogens is 304 g/mol. The first-order valence-corrected chi connectivity index (χ1v) is 7.78. The molecular formula is C15H23BrN2O. The van der Waals surface area contributed by atoms with Crippen molar-refractivity contribution in [3.63, 3.8) is 0 Å². The number of likely N-dealkylation sites (tertiary alicyclic amines) is 1. The van der Waals surface area contributed by atoms with Crippen molar-refractivity contribution in [2.75, 3.05) is 26.7 Å². The van der Waals surface area contributed by atoms with Crippen LogP contribution in [0.15, 0.2) is 22.7 Å². The van der Waals surface area contributed by atoms with Gasteiger partial charge in [-0.15, -0.1) is 0 Å². The van der Waals surface area contributed by atoms with Crippen molar-refractivity contribution < 1.29 is 4.74 Å². The molecule has 1 aromatic rings. The van der Waals surface area contributed by atoms with Gasteiger partial charge in [-0.3, -0.25) is 4.90 Å². The van der Waals surface area contributed by atoms with Crippen LogP contribution in [0.4, 0.5) is 0 Å². The van der Waals surface area contributed by atoms with E-state index in [1.165, 1.54) is 18.4 Å². The van der Waals surface area contributed by atoms with E-state index in [9.17, 15) is 0 Å². The van der Waals surface area contributed by atoms with E-state index in [0.29, 0.717) is 12.0 Å². The molecule has 0 radical (unpaired) electrons. The molecule has 1 saturated heterocycles. The summed E-state index contributed by atoms with van der Waals surface area (Å²) in [6.45, 7) is 5.25. The van der Waals surface area contributed by atoms with Gasteiger partial charge in [0, 0.05) is 10.5 Å². The smallest absolute Gasteiger partial charge is 0.119 e. The molecule has 1 aromatic carbocycles. The summed E-state index contributed by atoms with van der Waals surface area (Å²) < 4.78 is 6.52. The van der Waals surface area contributed by atoms with Crippen LogP contribution in [-0.4, -0.2) is 31.6 Å². The Hall–Kier alpha value is -0.580. The molecule has 3 nitrogen and oxygen atoms in total. The highest BCUT2D eigenvalue weighted by atomic mass is 79.9. The fourth-order valence-corrected chi connectivity index (χ4v) is 3.52. The van der Waals surface area contributed by atoms with Crippen molar-refractivity contribution in [3.8, 4) is 5.75 Å². The maximum atomic E-state index is 5.97. The van der Waals surface area contributed by atoms with Gasteiger partial charge in [0.1, 0.15) is 5.75 Å². The van der Waals surface area contributed by atoms with Gasteiger partial charge in [0.15, 0.2) is 0 Å². The molecule has 2 unspecified atom stereocenters. The number of nitrogens with zero attached hydrogens (tertiary/aromatic N) is 1. The zero-order valence-corrected chi connectivity index (χ0v) is 13.3. The fraction of sp³-hybridized carbons (Fsp3) is 0.600. The highest BCUT2D eigenvalue weighted by Crippen LogP contribution is 2.41. The molecule has 2 rings (SSSR count). The molecule has 0 aliphatic carbocycles. The summed E-state index contributed by atoms with van der Waals surface area (Å²) in [5, 5.41) is 0. The summed E-state index contributed by atoms with van der Waals surface area (Å²) in [4.78, 5) is 2.55. The van der Waals surface area contributed by atoms with Gasteiger partial charge in [-0.2, -0.15) is 0 Å². The van der Waals surface area contributed by atoms with Crippen molar-refractivity contribution in [1.29, 1.82) is 0 Å². The summed E-state index contributed by atoms with van der Waals surface area (Å²) in [5.41, 5.74) is 7.27. The summed E-state index contributed by atoms with van der Waals surface area (Å²) in [6.07, 6.45) is 2.36. The van der Waals surface area contributed by atoms with Crippen LogP contribution in [0.5, 0.6) is 5.75 Å². The normalized spacial score (nSPS) is 23.8. The van der Waals surface area contributed by atoms with Crippen LogP contribution in [0, 0.1) is 5.92 Å². The largest absolute Gasteiger partial charge is 0.497 e. The summed E-state index contributed by atoms with van der Waals surface area (Å²) in [5.74, 6) is 1.45. The van der Waals surface area contributed by atoms with E-state index in [1.54, 1.807) is 7.11 Å². The summed E-state index contributed by atoms with van der Waals surface area (Å²) in [7, 11) is 1.71. The lowest BCUT2D eigenvalue weighted by Crippen LogP contribution is -2.29. The standard InChI is InChI=1S/C15H23BrN2O/c1-3-7-18-8-6-11(10-17)15(18)13-9-12(19-2)4-5-14(13)16/h4-5,9,11,15H,3,6-8,10,17H2,1-2H3. The van der Waals surface area contributed by atoms with Gasteiger partial charge in [-0.25, -0.2) is 0 Å². The lowest BCUT2D eigenvalue weighted by atomic mass is 9.93. The zero-order chi connectivity index (χ0) is 13.8. The molecule has 1 fully saturated rings. The highest BCUT2D eigenvalue weighted by molar-refractivity contribution is 9.10. The maximum Gasteiger partial charge on any atom is 0.119 e. The van der Waals surface area contributed by atoms with Gasteiger partial charge in [0.05, 0.1) is 7.11 Å². The van der Waals surface area contributed by atoms with Gasteiger partial charge >= 0.3 is 0 Å². The molecule has 0 spiro atoms. The number of halogens is 1. The number of rotatable bonds is 5. The van der Waals surface area contributed by atoms with Gasteiger partial charge in [0.2, 0.25) is 0 Å². The highest BCUT2D eigenvalue weighted by Gasteiger charge is 2.35. The minimum absolute atomic E-state index is 0.412. The molecule has 106 valence electrons. The maximum absolute atomic E-state index is 5.97. The van der Waals surface area contributed by atoms with Crippen molar-refractivity contribution >= 4 is 15.9 Å². The Labute approximate surface area is 124 Å². The summed E-state index contributed by atoms with van der Waals surface area (Å²) >= 11 is 3.68. The number of benzene rings is 1. The van der Waals surface area contributed by atoms with Gasteiger partial charge < -0.3 is 10.5 Å². The molecule has 2 N–H and O–H groups in total. The minimum atomic E-state index is 0.412. The Kier molecular flexibility index (Phi) is 5.25. The molecule has 2 atom stereocenters. The van der Waals surface area contributed by atoms with Crippen LogP contribution < -0.4 is 10.5 Å². The molecule has 4 heteroatoms. The quantitative estimate of drug-likeness (QED) is 0.903. The van der Waals surface area contributed by atoms with E-state index in [2.05, 4.69) is 39.9 Å². The Morgan fingerprint density at radius 2 is 2.26 bits per heavy atom. The number of hydrogen-bond acceptors (Lipinski definition) is 3. The lowest BCUT2D eigenvalue weighted by molar-refractivity contribution is 0.229. The number of hydrogen-bond donors (Lipinski definition) is 1. The Morgan fingerprint density at radius 1 is 1.47 bits per heavy atom. The third kappa shape index (κ3) is 3.12. The van der Waals surface area contributed by atoms with E-state index in [4.69, 9.17) is 10.5 Å². The first-order valence-electron chi connectivity index (χ1n) is 6.98. The topological polar surface area (TPSA) is 38.5 Å². The lowest BCUT2D eigenvalue weighted by Gasteiger charge is -2.29. The van der Waals surface area contributed by atoms with E-state index < -0.39 is 0 Å². The number of nitrogens with two attached hydrogens (primary N) is 1. The third-order valence-electron chi connectivity index (χ3n) is 3.96. The molecule has 1 aliphatic heterocycles. The summed E-state index contributed by atoms with van der Waals surface area (Å²) in [6, 6.07) is 6.62. The second-order valence-electron chi connectivity index (χ2n) is 5.15. The van der Waals surface area contributed by atoms with E-state index in [1.807, 2.05) is 6.07 Å². The predicted octanol–water partition coefficient (Wildman–Crippen LogP) is 3.19. The molecule has 1 heterocycles. The predicted molar refractivity (Wildman–Crippen MR) is 82.5 cm³/mol. The van der Waals surface area contributed by atoms with Crippen molar-refractivity contribution in [3.05, 3.63) is 28.2 Å².